The van der Waals surface area contributed by atoms with Crippen molar-refractivity contribution in [2.24, 2.45) is 10.9 Å². The standard InChI is InChI=1S/C11H22N2S/c1-9(2)14-11(13-8-12-3)10-6-4-5-7-10/h9-10,12H,4-8H2,1-3H3. The molecule has 0 heterocycles. The maximum Gasteiger partial charge on any atom is 0.0891 e. The van der Waals surface area contributed by atoms with Crippen LogP contribution in [0.2, 0.25) is 0 Å². The fraction of sp³-hybridized carbons (Fsp3) is 0.909. The third-order valence-electron chi connectivity index (χ3n) is 2.45. The number of aliphatic imine (C=N–C) groups is 1. The maximum atomic E-state index is 4.63. The molecule has 2 nitrogen and oxygen atoms in total. The van der Waals surface area contributed by atoms with Gasteiger partial charge in [0.05, 0.1) is 11.7 Å². The number of nitrogens with zero attached hydrogens (tertiary/aromatic N) is 1. The van der Waals surface area contributed by atoms with E-state index < -0.39 is 0 Å². The van der Waals surface area contributed by atoms with E-state index in [1.54, 1.807) is 0 Å². The van der Waals surface area contributed by atoms with Crippen LogP contribution in [0.1, 0.15) is 39.5 Å². The highest BCUT2D eigenvalue weighted by molar-refractivity contribution is 8.14. The molecule has 0 spiro atoms. The normalized spacial score (nSPS) is 19.6. The average Bonchev–Trinajstić information content (AvgIpc) is 2.64. The van der Waals surface area contributed by atoms with Crippen LogP contribution in [-0.4, -0.2) is 24.0 Å². The van der Waals surface area contributed by atoms with E-state index in [4.69, 9.17) is 0 Å². The summed E-state index contributed by atoms with van der Waals surface area (Å²) < 4.78 is 0. The van der Waals surface area contributed by atoms with Crippen LogP contribution in [0.25, 0.3) is 0 Å². The molecule has 14 heavy (non-hydrogen) atoms. The number of thioether (sulfide) groups is 1. The minimum absolute atomic E-state index is 0.659. The van der Waals surface area contributed by atoms with Crippen LogP contribution >= 0.6 is 11.8 Å². The SMILES string of the molecule is CNCN=C(SC(C)C)C1CCCC1. The molecule has 1 saturated carbocycles. The van der Waals surface area contributed by atoms with Crippen LogP contribution in [-0.2, 0) is 0 Å². The van der Waals surface area contributed by atoms with E-state index in [1.807, 2.05) is 18.8 Å². The Bertz CT molecular complexity index is 184. The average molecular weight is 214 g/mol. The van der Waals surface area contributed by atoms with Gasteiger partial charge in [-0.25, -0.2) is 0 Å². The number of hydrogen-bond donors (Lipinski definition) is 1. The number of nitrogens with one attached hydrogen (secondary N) is 1. The molecule has 1 N–H and O–H groups in total. The summed E-state index contributed by atoms with van der Waals surface area (Å²) >= 11 is 1.95. The Morgan fingerprint density at radius 3 is 2.57 bits per heavy atom. The summed E-state index contributed by atoms with van der Waals surface area (Å²) in [4.78, 5) is 4.63. The van der Waals surface area contributed by atoms with E-state index in [0.29, 0.717) is 5.25 Å². The Morgan fingerprint density at radius 2 is 2.07 bits per heavy atom. The molecule has 0 amide bonds. The topological polar surface area (TPSA) is 24.4 Å². The molecule has 0 aromatic carbocycles. The second-order valence-corrected chi connectivity index (χ2v) is 5.75. The zero-order valence-corrected chi connectivity index (χ0v) is 10.4. The zero-order chi connectivity index (χ0) is 10.4. The van der Waals surface area contributed by atoms with Crippen LogP contribution in [0.4, 0.5) is 0 Å². The van der Waals surface area contributed by atoms with Gasteiger partial charge in [0, 0.05) is 11.2 Å². The molecule has 0 radical (unpaired) electrons. The Labute approximate surface area is 92.0 Å². The van der Waals surface area contributed by atoms with Gasteiger partial charge in [-0.1, -0.05) is 26.7 Å². The molecule has 1 aliphatic carbocycles. The van der Waals surface area contributed by atoms with E-state index in [-0.39, 0.29) is 0 Å². The molecule has 0 aromatic heterocycles. The van der Waals surface area contributed by atoms with Gasteiger partial charge >= 0.3 is 0 Å². The van der Waals surface area contributed by atoms with Crippen molar-refractivity contribution < 1.29 is 0 Å². The van der Waals surface area contributed by atoms with Crippen molar-refractivity contribution in [3.8, 4) is 0 Å². The number of rotatable bonds is 4. The molecular formula is C11H22N2S. The van der Waals surface area contributed by atoms with Gasteiger partial charge in [-0.2, -0.15) is 0 Å². The first-order valence-corrected chi connectivity index (χ1v) is 6.47. The fourth-order valence-corrected chi connectivity index (χ4v) is 2.88. The van der Waals surface area contributed by atoms with Crippen molar-refractivity contribution in [1.82, 2.24) is 5.32 Å². The highest BCUT2D eigenvalue weighted by atomic mass is 32.2. The van der Waals surface area contributed by atoms with Gasteiger partial charge < -0.3 is 5.32 Å². The first-order chi connectivity index (χ1) is 6.74. The summed E-state index contributed by atoms with van der Waals surface area (Å²) in [6.45, 7) is 5.26. The maximum absolute atomic E-state index is 4.63. The predicted octanol–water partition coefficient (Wildman–Crippen LogP) is 2.89. The third-order valence-corrected chi connectivity index (χ3v) is 3.63. The smallest absolute Gasteiger partial charge is 0.0891 e. The lowest BCUT2D eigenvalue weighted by molar-refractivity contribution is 0.726. The van der Waals surface area contributed by atoms with Crippen molar-refractivity contribution in [3.05, 3.63) is 0 Å². The van der Waals surface area contributed by atoms with Crippen molar-refractivity contribution in [3.63, 3.8) is 0 Å². The lowest BCUT2D eigenvalue weighted by Crippen LogP contribution is -2.14. The van der Waals surface area contributed by atoms with E-state index in [1.165, 1.54) is 30.7 Å². The van der Waals surface area contributed by atoms with Gasteiger partial charge in [0.2, 0.25) is 0 Å². The molecule has 0 atom stereocenters. The first-order valence-electron chi connectivity index (χ1n) is 5.59. The van der Waals surface area contributed by atoms with Gasteiger partial charge in [0.25, 0.3) is 0 Å². The van der Waals surface area contributed by atoms with E-state index >= 15 is 0 Å². The summed E-state index contributed by atoms with van der Waals surface area (Å²) in [6, 6.07) is 0. The van der Waals surface area contributed by atoms with Crippen LogP contribution in [0.5, 0.6) is 0 Å². The summed E-state index contributed by atoms with van der Waals surface area (Å²) in [6.07, 6.45) is 5.48. The quantitative estimate of drug-likeness (QED) is 0.575. The molecule has 1 rings (SSSR count). The molecule has 0 unspecified atom stereocenters. The largest absolute Gasteiger partial charge is 0.301 e. The van der Waals surface area contributed by atoms with Gasteiger partial charge in [-0.05, 0) is 19.9 Å². The summed E-state index contributed by atoms with van der Waals surface area (Å²) in [7, 11) is 1.95. The minimum Gasteiger partial charge on any atom is -0.301 e. The molecule has 0 aromatic rings. The molecule has 0 bridgehead atoms. The molecule has 82 valence electrons. The van der Waals surface area contributed by atoms with Crippen LogP contribution in [0.3, 0.4) is 0 Å². The Morgan fingerprint density at radius 1 is 1.43 bits per heavy atom. The second-order valence-electron chi connectivity index (χ2n) is 4.16. The second kappa shape index (κ2) is 6.46. The van der Waals surface area contributed by atoms with Gasteiger partial charge in [0.1, 0.15) is 0 Å². The molecule has 1 fully saturated rings. The summed E-state index contributed by atoms with van der Waals surface area (Å²) in [5.74, 6) is 0.760. The van der Waals surface area contributed by atoms with E-state index in [9.17, 15) is 0 Å². The van der Waals surface area contributed by atoms with Crippen molar-refractivity contribution >= 4 is 16.8 Å². The number of hydrogen-bond acceptors (Lipinski definition) is 3. The first kappa shape index (κ1) is 12.1. The molecule has 0 aliphatic heterocycles. The Balaban J connectivity index is 2.50. The van der Waals surface area contributed by atoms with E-state index in [0.717, 1.165) is 12.6 Å². The lowest BCUT2D eigenvalue weighted by atomic mass is 10.1. The van der Waals surface area contributed by atoms with Gasteiger partial charge in [0.15, 0.2) is 0 Å². The van der Waals surface area contributed by atoms with Crippen LogP contribution in [0, 0.1) is 5.92 Å². The monoisotopic (exact) mass is 214 g/mol. The Kier molecular flexibility index (Phi) is 5.56. The lowest BCUT2D eigenvalue weighted by Gasteiger charge is -2.14. The van der Waals surface area contributed by atoms with Crippen LogP contribution in [0.15, 0.2) is 4.99 Å². The predicted molar refractivity (Wildman–Crippen MR) is 66.0 cm³/mol. The highest BCUT2D eigenvalue weighted by Gasteiger charge is 2.21. The molecule has 0 saturated heterocycles. The summed E-state index contributed by atoms with van der Waals surface area (Å²) in [5.41, 5.74) is 0. The van der Waals surface area contributed by atoms with Gasteiger partial charge in [-0.15, -0.1) is 11.8 Å². The van der Waals surface area contributed by atoms with Crippen molar-refractivity contribution in [2.45, 2.75) is 44.8 Å². The summed E-state index contributed by atoms with van der Waals surface area (Å²) in [5, 5.41) is 5.13. The molecule has 1 aliphatic rings. The van der Waals surface area contributed by atoms with Crippen LogP contribution < -0.4 is 5.32 Å². The Hall–Kier alpha value is -0.0200. The minimum atomic E-state index is 0.659. The van der Waals surface area contributed by atoms with Crippen molar-refractivity contribution in [1.29, 1.82) is 0 Å². The zero-order valence-electron chi connectivity index (χ0n) is 9.55. The highest BCUT2D eigenvalue weighted by Crippen LogP contribution is 2.31. The molecule has 3 heteroatoms. The van der Waals surface area contributed by atoms with Crippen molar-refractivity contribution in [2.75, 3.05) is 13.7 Å². The molecular weight excluding hydrogens is 192 g/mol. The van der Waals surface area contributed by atoms with E-state index in [2.05, 4.69) is 24.2 Å². The third kappa shape index (κ3) is 4.01. The van der Waals surface area contributed by atoms with Gasteiger partial charge in [-0.3, -0.25) is 4.99 Å². The fourth-order valence-electron chi connectivity index (χ4n) is 1.83.